The van der Waals surface area contributed by atoms with Crippen molar-refractivity contribution in [2.24, 2.45) is 11.0 Å². The fourth-order valence-electron chi connectivity index (χ4n) is 3.28. The van der Waals surface area contributed by atoms with Crippen LogP contribution in [0.4, 0.5) is 0 Å². The number of amides is 2. The van der Waals surface area contributed by atoms with Crippen LogP contribution in [0.15, 0.2) is 76.3 Å². The van der Waals surface area contributed by atoms with Gasteiger partial charge in [-0.15, -0.1) is 0 Å². The van der Waals surface area contributed by atoms with Gasteiger partial charge in [-0.1, -0.05) is 55.8 Å². The van der Waals surface area contributed by atoms with Crippen molar-refractivity contribution in [1.82, 2.24) is 10.7 Å². The van der Waals surface area contributed by atoms with E-state index in [0.717, 1.165) is 5.56 Å². The zero-order valence-electron chi connectivity index (χ0n) is 20.1. The fourth-order valence-corrected chi connectivity index (χ4v) is 3.98. The van der Waals surface area contributed by atoms with Gasteiger partial charge in [0.05, 0.1) is 17.8 Å². The summed E-state index contributed by atoms with van der Waals surface area (Å²) in [6.07, 6.45) is 1.49. The van der Waals surface area contributed by atoms with Gasteiger partial charge in [0.15, 0.2) is 11.5 Å². The van der Waals surface area contributed by atoms with E-state index in [9.17, 15) is 9.59 Å². The number of halogens is 2. The van der Waals surface area contributed by atoms with E-state index in [2.05, 4.69) is 31.8 Å². The molecule has 0 aliphatic carbocycles. The number of hydrazone groups is 1. The zero-order chi connectivity index (χ0) is 26.1. The van der Waals surface area contributed by atoms with Crippen molar-refractivity contribution in [1.29, 1.82) is 0 Å². The summed E-state index contributed by atoms with van der Waals surface area (Å²) in [7, 11) is 1.54. The third-order valence-corrected chi connectivity index (χ3v) is 6.05. The molecule has 1 atom stereocenters. The molecule has 0 bridgehead atoms. The Kier molecular flexibility index (Phi) is 9.90. The molecule has 0 saturated carbocycles. The van der Waals surface area contributed by atoms with Crippen LogP contribution in [0, 0.1) is 5.92 Å². The first kappa shape index (κ1) is 27.2. The molecule has 0 aliphatic rings. The molecule has 3 aromatic rings. The molecule has 0 spiro atoms. The number of carbonyl (C=O) groups excluding carboxylic acids is 2. The van der Waals surface area contributed by atoms with Gasteiger partial charge < -0.3 is 14.8 Å². The second-order valence-corrected chi connectivity index (χ2v) is 9.54. The first-order valence-corrected chi connectivity index (χ1v) is 12.4. The quantitative estimate of drug-likeness (QED) is 0.245. The summed E-state index contributed by atoms with van der Waals surface area (Å²) in [4.78, 5) is 25.2. The highest BCUT2D eigenvalue weighted by molar-refractivity contribution is 9.10. The molecule has 0 heterocycles. The number of nitrogens with zero attached hydrogens (tertiary/aromatic N) is 1. The first-order chi connectivity index (χ1) is 17.3. The molecular formula is C27H27BrClN3O4. The van der Waals surface area contributed by atoms with Crippen LogP contribution < -0.4 is 20.2 Å². The van der Waals surface area contributed by atoms with E-state index in [1.807, 2.05) is 32.0 Å². The maximum atomic E-state index is 12.7. The van der Waals surface area contributed by atoms with Crippen LogP contribution in [-0.4, -0.2) is 31.2 Å². The van der Waals surface area contributed by atoms with E-state index < -0.39 is 11.9 Å². The van der Waals surface area contributed by atoms with Crippen molar-refractivity contribution in [2.45, 2.75) is 26.5 Å². The predicted octanol–water partition coefficient (Wildman–Crippen LogP) is 5.59. The largest absolute Gasteiger partial charge is 0.493 e. The Balaban J connectivity index is 1.65. The summed E-state index contributed by atoms with van der Waals surface area (Å²) in [6, 6.07) is 18.9. The number of benzene rings is 3. The van der Waals surface area contributed by atoms with Gasteiger partial charge in [0.2, 0.25) is 0 Å². The zero-order valence-corrected chi connectivity index (χ0v) is 22.5. The standard InChI is InChI=1S/C27H27BrClN3O4/c1-17(2)24(31-26(33)20-7-5-4-6-8-20)27(34)32-30-15-19-13-22(28)25(23(14-19)35-3)36-16-18-9-11-21(29)12-10-18/h4-15,17,24H,16H2,1-3H3,(H,31,33)(H,32,34). The first-order valence-electron chi connectivity index (χ1n) is 11.2. The fraction of sp³-hybridized carbons (Fsp3) is 0.222. The highest BCUT2D eigenvalue weighted by Gasteiger charge is 2.24. The van der Waals surface area contributed by atoms with Gasteiger partial charge in [-0.25, -0.2) is 5.43 Å². The van der Waals surface area contributed by atoms with E-state index in [1.165, 1.54) is 6.21 Å². The number of ether oxygens (including phenoxy) is 2. The Morgan fingerprint density at radius 2 is 1.78 bits per heavy atom. The molecule has 0 aliphatic heterocycles. The summed E-state index contributed by atoms with van der Waals surface area (Å²) in [6.45, 7) is 4.04. The summed E-state index contributed by atoms with van der Waals surface area (Å²) in [5, 5.41) is 7.50. The van der Waals surface area contributed by atoms with Crippen molar-refractivity contribution in [3.63, 3.8) is 0 Å². The van der Waals surface area contributed by atoms with Crippen molar-refractivity contribution < 1.29 is 19.1 Å². The molecule has 0 saturated heterocycles. The molecule has 3 aromatic carbocycles. The Bertz CT molecular complexity index is 1220. The van der Waals surface area contributed by atoms with Gasteiger partial charge >= 0.3 is 0 Å². The van der Waals surface area contributed by atoms with E-state index in [1.54, 1.807) is 55.6 Å². The molecule has 2 N–H and O–H groups in total. The minimum absolute atomic E-state index is 0.140. The molecular weight excluding hydrogens is 546 g/mol. The van der Waals surface area contributed by atoms with Gasteiger partial charge in [0.1, 0.15) is 12.6 Å². The SMILES string of the molecule is COc1cc(C=NNC(=O)C(NC(=O)c2ccccc2)C(C)C)cc(Br)c1OCc1ccc(Cl)cc1. The highest BCUT2D eigenvalue weighted by Crippen LogP contribution is 2.37. The number of hydrogen-bond acceptors (Lipinski definition) is 5. The van der Waals surface area contributed by atoms with Gasteiger partial charge in [-0.05, 0) is 69.4 Å². The molecule has 3 rings (SSSR count). The lowest BCUT2D eigenvalue weighted by atomic mass is 10.0. The minimum Gasteiger partial charge on any atom is -0.493 e. The van der Waals surface area contributed by atoms with Crippen LogP contribution in [0.1, 0.15) is 35.3 Å². The topological polar surface area (TPSA) is 89.0 Å². The number of nitrogens with one attached hydrogen (secondary N) is 2. The summed E-state index contributed by atoms with van der Waals surface area (Å²) in [5.74, 6) is 0.161. The number of methoxy groups -OCH3 is 1. The smallest absolute Gasteiger partial charge is 0.262 e. The van der Waals surface area contributed by atoms with Crippen LogP contribution in [0.2, 0.25) is 5.02 Å². The van der Waals surface area contributed by atoms with Gasteiger partial charge in [-0.2, -0.15) is 5.10 Å². The van der Waals surface area contributed by atoms with Gasteiger partial charge in [0.25, 0.3) is 11.8 Å². The summed E-state index contributed by atoms with van der Waals surface area (Å²) < 4.78 is 12.1. The highest BCUT2D eigenvalue weighted by atomic mass is 79.9. The Morgan fingerprint density at radius 1 is 1.08 bits per heavy atom. The molecule has 188 valence electrons. The average molecular weight is 573 g/mol. The molecule has 0 aromatic heterocycles. The van der Waals surface area contributed by atoms with Crippen molar-refractivity contribution in [3.05, 3.63) is 92.9 Å². The number of hydrogen-bond donors (Lipinski definition) is 2. The van der Waals surface area contributed by atoms with E-state index in [0.29, 0.717) is 38.7 Å². The van der Waals surface area contributed by atoms with Crippen molar-refractivity contribution in [3.8, 4) is 11.5 Å². The number of rotatable bonds is 10. The van der Waals surface area contributed by atoms with Crippen LogP contribution in [0.3, 0.4) is 0 Å². The van der Waals surface area contributed by atoms with Gasteiger partial charge in [0, 0.05) is 10.6 Å². The number of carbonyl (C=O) groups is 2. The van der Waals surface area contributed by atoms with Crippen LogP contribution >= 0.6 is 27.5 Å². The Morgan fingerprint density at radius 3 is 2.42 bits per heavy atom. The van der Waals surface area contributed by atoms with Crippen molar-refractivity contribution in [2.75, 3.05) is 7.11 Å². The van der Waals surface area contributed by atoms with Gasteiger partial charge in [-0.3, -0.25) is 9.59 Å². The summed E-state index contributed by atoms with van der Waals surface area (Å²) >= 11 is 9.45. The molecule has 0 radical (unpaired) electrons. The van der Waals surface area contributed by atoms with Crippen LogP contribution in [0.25, 0.3) is 0 Å². The molecule has 2 amide bonds. The van der Waals surface area contributed by atoms with E-state index in [4.69, 9.17) is 21.1 Å². The second kappa shape index (κ2) is 13.1. The molecule has 1 unspecified atom stereocenters. The normalized spacial score (nSPS) is 11.8. The van der Waals surface area contributed by atoms with E-state index in [-0.39, 0.29) is 11.8 Å². The van der Waals surface area contributed by atoms with Crippen molar-refractivity contribution >= 4 is 45.6 Å². The molecule has 36 heavy (non-hydrogen) atoms. The Hall–Kier alpha value is -3.36. The maximum Gasteiger partial charge on any atom is 0.262 e. The molecule has 9 heteroatoms. The lowest BCUT2D eigenvalue weighted by molar-refractivity contribution is -0.123. The molecule has 0 fully saturated rings. The second-order valence-electron chi connectivity index (χ2n) is 8.24. The summed E-state index contributed by atoms with van der Waals surface area (Å²) in [5.41, 5.74) is 4.62. The minimum atomic E-state index is -0.750. The maximum absolute atomic E-state index is 12.7. The predicted molar refractivity (Wildman–Crippen MR) is 145 cm³/mol. The lowest BCUT2D eigenvalue weighted by Crippen LogP contribution is -2.48. The van der Waals surface area contributed by atoms with E-state index >= 15 is 0 Å². The average Bonchev–Trinajstić information content (AvgIpc) is 2.87. The lowest BCUT2D eigenvalue weighted by Gasteiger charge is -2.20. The van der Waals surface area contributed by atoms with Crippen LogP contribution in [0.5, 0.6) is 11.5 Å². The third kappa shape index (κ3) is 7.57. The Labute approximate surface area is 224 Å². The molecule has 7 nitrogen and oxygen atoms in total. The monoisotopic (exact) mass is 571 g/mol. The van der Waals surface area contributed by atoms with Crippen LogP contribution in [-0.2, 0) is 11.4 Å². The third-order valence-electron chi connectivity index (χ3n) is 5.21.